The minimum atomic E-state index is -1.54. The maximum absolute atomic E-state index is 12.3. The van der Waals surface area contributed by atoms with E-state index in [0.717, 1.165) is 29.9 Å². The predicted octanol–water partition coefficient (Wildman–Crippen LogP) is 1.39. The Kier molecular flexibility index (Phi) is 4.28. The van der Waals surface area contributed by atoms with Gasteiger partial charge in [0.15, 0.2) is 0 Å². The van der Waals surface area contributed by atoms with Crippen LogP contribution in [-0.4, -0.2) is 29.0 Å². The molecule has 0 spiro atoms. The molecule has 2 saturated carbocycles. The monoisotopic (exact) mass is 301 g/mol. The standard InChI is InChI=1S/C17H24BNO3/c1-10-3-4-12(11(2)7-10)9-16(18(21)22)19-17(20)15-8-13-5-6-14(13)15/h3-4,7,13-16,21-22H,5-6,8-9H2,1-2H3,(H,19,20)/t13-,14?,15-,16+/m1/s1. The molecule has 3 rings (SSSR count). The maximum atomic E-state index is 12.3. The molecule has 1 aromatic rings. The molecule has 0 bridgehead atoms. The first kappa shape index (κ1) is 15.6. The van der Waals surface area contributed by atoms with Crippen molar-refractivity contribution < 1.29 is 14.8 Å². The van der Waals surface area contributed by atoms with Crippen LogP contribution in [0.15, 0.2) is 18.2 Å². The number of carbonyl (C=O) groups is 1. The third kappa shape index (κ3) is 2.92. The van der Waals surface area contributed by atoms with Gasteiger partial charge >= 0.3 is 7.12 Å². The molecule has 2 fully saturated rings. The van der Waals surface area contributed by atoms with Gasteiger partial charge in [-0.2, -0.15) is 0 Å². The highest BCUT2D eigenvalue weighted by atomic mass is 16.4. The smallest absolute Gasteiger partial charge is 0.426 e. The Balaban J connectivity index is 1.63. The average molecular weight is 301 g/mol. The van der Waals surface area contributed by atoms with Crippen LogP contribution in [0.1, 0.15) is 36.0 Å². The summed E-state index contributed by atoms with van der Waals surface area (Å²) < 4.78 is 0. The van der Waals surface area contributed by atoms with Gasteiger partial charge < -0.3 is 15.4 Å². The lowest BCUT2D eigenvalue weighted by Gasteiger charge is -2.52. The first-order valence-electron chi connectivity index (χ1n) is 8.18. The quantitative estimate of drug-likeness (QED) is 0.720. The third-order valence-electron chi connectivity index (χ3n) is 5.51. The zero-order valence-electron chi connectivity index (χ0n) is 13.2. The van der Waals surface area contributed by atoms with Crippen LogP contribution in [0.5, 0.6) is 0 Å². The van der Waals surface area contributed by atoms with E-state index in [2.05, 4.69) is 11.4 Å². The number of carbonyl (C=O) groups excluding carboxylic acids is 1. The molecule has 22 heavy (non-hydrogen) atoms. The summed E-state index contributed by atoms with van der Waals surface area (Å²) in [5.74, 6) is 0.709. The summed E-state index contributed by atoms with van der Waals surface area (Å²) in [6.07, 6.45) is 3.81. The van der Waals surface area contributed by atoms with E-state index in [0.29, 0.717) is 12.3 Å². The second kappa shape index (κ2) is 6.05. The summed E-state index contributed by atoms with van der Waals surface area (Å²) in [6, 6.07) is 6.08. The van der Waals surface area contributed by atoms with Gasteiger partial charge in [-0.25, -0.2) is 0 Å². The van der Waals surface area contributed by atoms with E-state index in [-0.39, 0.29) is 11.8 Å². The molecule has 0 heterocycles. The van der Waals surface area contributed by atoms with Crippen LogP contribution < -0.4 is 5.32 Å². The van der Waals surface area contributed by atoms with E-state index in [1.807, 2.05) is 26.0 Å². The molecule has 0 aliphatic heterocycles. The van der Waals surface area contributed by atoms with Crippen molar-refractivity contribution in [2.75, 3.05) is 0 Å². The first-order valence-corrected chi connectivity index (χ1v) is 8.18. The van der Waals surface area contributed by atoms with Gasteiger partial charge in [-0.15, -0.1) is 0 Å². The van der Waals surface area contributed by atoms with Crippen LogP contribution in [0.25, 0.3) is 0 Å². The van der Waals surface area contributed by atoms with E-state index < -0.39 is 13.1 Å². The van der Waals surface area contributed by atoms with Crippen molar-refractivity contribution >= 4 is 13.0 Å². The second-order valence-electron chi connectivity index (χ2n) is 7.01. The number of hydrogen-bond acceptors (Lipinski definition) is 3. The SMILES string of the molecule is Cc1ccc(C[C@H](NC(=O)[C@@H]2C[C@H]3CCC32)B(O)O)c(C)c1. The van der Waals surface area contributed by atoms with Crippen molar-refractivity contribution in [3.05, 3.63) is 34.9 Å². The molecule has 5 heteroatoms. The topological polar surface area (TPSA) is 69.6 Å². The highest BCUT2D eigenvalue weighted by molar-refractivity contribution is 6.43. The number of amides is 1. The van der Waals surface area contributed by atoms with Crippen LogP contribution in [0.2, 0.25) is 0 Å². The summed E-state index contributed by atoms with van der Waals surface area (Å²) in [5.41, 5.74) is 3.33. The minimum Gasteiger partial charge on any atom is -0.426 e. The number of rotatable bonds is 5. The molecule has 4 nitrogen and oxygen atoms in total. The van der Waals surface area contributed by atoms with Gasteiger partial charge in [-0.3, -0.25) is 4.79 Å². The zero-order valence-corrected chi connectivity index (χ0v) is 13.2. The van der Waals surface area contributed by atoms with Gasteiger partial charge in [0.1, 0.15) is 0 Å². The second-order valence-corrected chi connectivity index (χ2v) is 7.01. The number of hydrogen-bond donors (Lipinski definition) is 3. The molecule has 2 aliphatic rings. The maximum Gasteiger partial charge on any atom is 0.475 e. The summed E-state index contributed by atoms with van der Waals surface area (Å²) in [7, 11) is -1.54. The van der Waals surface area contributed by atoms with E-state index in [4.69, 9.17) is 0 Å². The molecule has 2 aliphatic carbocycles. The molecule has 118 valence electrons. The van der Waals surface area contributed by atoms with Crippen LogP contribution >= 0.6 is 0 Å². The molecule has 4 atom stereocenters. The molecular weight excluding hydrogens is 277 g/mol. The zero-order chi connectivity index (χ0) is 15.9. The lowest BCUT2D eigenvalue weighted by atomic mass is 9.53. The van der Waals surface area contributed by atoms with E-state index >= 15 is 0 Å². The summed E-state index contributed by atoms with van der Waals surface area (Å²) >= 11 is 0. The lowest BCUT2D eigenvalue weighted by Crippen LogP contribution is -2.56. The number of fused-ring (bicyclic) bond motifs is 1. The highest BCUT2D eigenvalue weighted by Crippen LogP contribution is 2.54. The van der Waals surface area contributed by atoms with Crippen molar-refractivity contribution in [3.63, 3.8) is 0 Å². The van der Waals surface area contributed by atoms with Gasteiger partial charge in [-0.05, 0) is 62.5 Å². The third-order valence-corrected chi connectivity index (χ3v) is 5.51. The molecule has 1 unspecified atom stereocenters. The summed E-state index contributed by atoms with van der Waals surface area (Å²) in [4.78, 5) is 12.3. The van der Waals surface area contributed by atoms with E-state index in [9.17, 15) is 14.8 Å². The Morgan fingerprint density at radius 2 is 2.14 bits per heavy atom. The molecular formula is C17H24BNO3. The molecule has 1 amide bonds. The lowest BCUT2D eigenvalue weighted by molar-refractivity contribution is -0.140. The van der Waals surface area contributed by atoms with Crippen LogP contribution in [0.4, 0.5) is 0 Å². The van der Waals surface area contributed by atoms with Crippen LogP contribution in [0.3, 0.4) is 0 Å². The predicted molar refractivity (Wildman–Crippen MR) is 86.1 cm³/mol. The van der Waals surface area contributed by atoms with Gasteiger partial charge in [-0.1, -0.05) is 23.8 Å². The van der Waals surface area contributed by atoms with Gasteiger partial charge in [0.2, 0.25) is 5.91 Å². The van der Waals surface area contributed by atoms with Crippen LogP contribution in [0, 0.1) is 31.6 Å². The Labute approximate surface area is 132 Å². The van der Waals surface area contributed by atoms with Gasteiger partial charge in [0.05, 0.1) is 5.94 Å². The molecule has 1 aromatic carbocycles. The summed E-state index contributed by atoms with van der Waals surface area (Å²) in [6.45, 7) is 4.04. The fraction of sp³-hybridized carbons (Fsp3) is 0.588. The Morgan fingerprint density at radius 1 is 1.36 bits per heavy atom. The van der Waals surface area contributed by atoms with Crippen molar-refractivity contribution in [1.29, 1.82) is 0 Å². The van der Waals surface area contributed by atoms with Crippen molar-refractivity contribution in [2.45, 2.75) is 45.5 Å². The number of benzene rings is 1. The number of aryl methyl sites for hydroxylation is 2. The molecule has 0 radical (unpaired) electrons. The summed E-state index contributed by atoms with van der Waals surface area (Å²) in [5, 5.41) is 22.1. The first-order chi connectivity index (χ1) is 10.5. The Hall–Kier alpha value is -1.33. The molecule has 0 aromatic heterocycles. The average Bonchev–Trinajstić information content (AvgIpc) is 2.43. The normalized spacial score (nSPS) is 27.2. The minimum absolute atomic E-state index is 0.0104. The van der Waals surface area contributed by atoms with Crippen molar-refractivity contribution in [2.24, 2.45) is 17.8 Å². The van der Waals surface area contributed by atoms with Crippen molar-refractivity contribution in [1.82, 2.24) is 5.32 Å². The highest BCUT2D eigenvalue weighted by Gasteiger charge is 2.50. The van der Waals surface area contributed by atoms with E-state index in [1.165, 1.54) is 12.0 Å². The number of nitrogens with one attached hydrogen (secondary N) is 1. The van der Waals surface area contributed by atoms with Gasteiger partial charge in [0.25, 0.3) is 0 Å². The Bertz CT molecular complexity index is 575. The fourth-order valence-corrected chi connectivity index (χ4v) is 3.86. The molecule has 3 N–H and O–H groups in total. The molecule has 0 saturated heterocycles. The Morgan fingerprint density at radius 3 is 2.64 bits per heavy atom. The van der Waals surface area contributed by atoms with Crippen molar-refractivity contribution in [3.8, 4) is 0 Å². The van der Waals surface area contributed by atoms with Gasteiger partial charge in [0, 0.05) is 5.92 Å². The largest absolute Gasteiger partial charge is 0.475 e. The van der Waals surface area contributed by atoms with E-state index in [1.54, 1.807) is 0 Å². The fourth-order valence-electron chi connectivity index (χ4n) is 3.86. The van der Waals surface area contributed by atoms with Crippen LogP contribution in [-0.2, 0) is 11.2 Å².